The summed E-state index contributed by atoms with van der Waals surface area (Å²) in [5.74, 6) is 0.377. The van der Waals surface area contributed by atoms with Crippen molar-refractivity contribution in [2.24, 2.45) is 7.05 Å². The van der Waals surface area contributed by atoms with E-state index >= 15 is 0 Å². The molecule has 0 unspecified atom stereocenters. The van der Waals surface area contributed by atoms with Gasteiger partial charge in [0.1, 0.15) is 5.39 Å². The molecule has 1 aromatic carbocycles. The van der Waals surface area contributed by atoms with Gasteiger partial charge in [-0.05, 0) is 17.7 Å². The molecule has 0 radical (unpaired) electrons. The van der Waals surface area contributed by atoms with Gasteiger partial charge in [-0.25, -0.2) is 0 Å². The van der Waals surface area contributed by atoms with Crippen LogP contribution in [-0.2, 0) is 13.6 Å². The summed E-state index contributed by atoms with van der Waals surface area (Å²) in [6.45, 7) is 0.461. The first kappa shape index (κ1) is 13.9. The SMILES string of the molecule is Cn1ncc2c(=O)[nH]c(NCc3ccc(Cl)c(Cl)c3)nc21. The first-order valence-corrected chi connectivity index (χ1v) is 6.90. The summed E-state index contributed by atoms with van der Waals surface area (Å²) in [5.41, 5.74) is 1.22. The van der Waals surface area contributed by atoms with Gasteiger partial charge in [0.2, 0.25) is 5.95 Å². The molecule has 2 heterocycles. The second-order valence-corrected chi connectivity index (χ2v) is 5.34. The van der Waals surface area contributed by atoms with Crippen LogP contribution in [0.1, 0.15) is 5.56 Å². The molecule has 0 aliphatic rings. The van der Waals surface area contributed by atoms with Gasteiger partial charge in [0.05, 0.1) is 16.2 Å². The van der Waals surface area contributed by atoms with Crippen LogP contribution in [-0.4, -0.2) is 19.7 Å². The number of anilines is 1. The van der Waals surface area contributed by atoms with Gasteiger partial charge < -0.3 is 5.32 Å². The first-order valence-electron chi connectivity index (χ1n) is 6.14. The maximum Gasteiger partial charge on any atom is 0.263 e. The molecule has 3 aromatic rings. The van der Waals surface area contributed by atoms with Gasteiger partial charge in [0.15, 0.2) is 5.65 Å². The molecule has 8 heteroatoms. The summed E-state index contributed by atoms with van der Waals surface area (Å²) in [4.78, 5) is 18.9. The molecule has 0 amide bonds. The van der Waals surface area contributed by atoms with E-state index in [2.05, 4.69) is 20.4 Å². The van der Waals surface area contributed by atoms with E-state index in [9.17, 15) is 4.79 Å². The van der Waals surface area contributed by atoms with E-state index < -0.39 is 0 Å². The molecule has 0 aliphatic heterocycles. The number of benzene rings is 1. The van der Waals surface area contributed by atoms with Crippen molar-refractivity contribution in [2.45, 2.75) is 6.54 Å². The Morgan fingerprint density at radius 1 is 1.33 bits per heavy atom. The van der Waals surface area contributed by atoms with Crippen molar-refractivity contribution in [2.75, 3.05) is 5.32 Å². The minimum absolute atomic E-state index is 0.232. The topological polar surface area (TPSA) is 75.6 Å². The van der Waals surface area contributed by atoms with Crippen LogP contribution in [0.4, 0.5) is 5.95 Å². The van der Waals surface area contributed by atoms with Crippen molar-refractivity contribution < 1.29 is 0 Å². The third-order valence-electron chi connectivity index (χ3n) is 3.05. The molecular weight excluding hydrogens is 313 g/mol. The fourth-order valence-electron chi connectivity index (χ4n) is 1.95. The highest BCUT2D eigenvalue weighted by atomic mass is 35.5. The Morgan fingerprint density at radius 2 is 2.14 bits per heavy atom. The zero-order valence-corrected chi connectivity index (χ0v) is 12.5. The lowest BCUT2D eigenvalue weighted by molar-refractivity contribution is 0.785. The number of rotatable bonds is 3. The Hall–Kier alpha value is -2.05. The maximum absolute atomic E-state index is 11.9. The molecule has 0 saturated heterocycles. The number of hydrogen-bond acceptors (Lipinski definition) is 4. The largest absolute Gasteiger partial charge is 0.352 e. The standard InChI is InChI=1S/C13H11Cl2N5O/c1-20-11-8(6-17-20)12(21)19-13(18-11)16-5-7-2-3-9(14)10(15)4-7/h2-4,6H,5H2,1H3,(H2,16,18,19,21). The van der Waals surface area contributed by atoms with Crippen LogP contribution in [0.2, 0.25) is 10.0 Å². The van der Waals surface area contributed by atoms with Crippen LogP contribution in [0, 0.1) is 0 Å². The molecule has 21 heavy (non-hydrogen) atoms. The number of aromatic amines is 1. The molecule has 0 spiro atoms. The number of aromatic nitrogens is 4. The van der Waals surface area contributed by atoms with Crippen LogP contribution in [0.25, 0.3) is 11.0 Å². The second-order valence-electron chi connectivity index (χ2n) is 4.52. The van der Waals surface area contributed by atoms with Crippen LogP contribution in [0.5, 0.6) is 0 Å². The smallest absolute Gasteiger partial charge is 0.263 e. The summed E-state index contributed by atoms with van der Waals surface area (Å²) in [6.07, 6.45) is 1.49. The molecule has 6 nitrogen and oxygen atoms in total. The second kappa shape index (κ2) is 5.38. The predicted octanol–water partition coefficient (Wildman–Crippen LogP) is 2.58. The number of aryl methyl sites for hydroxylation is 1. The first-order chi connectivity index (χ1) is 10.0. The fraction of sp³-hybridized carbons (Fsp3) is 0.154. The molecule has 3 rings (SSSR count). The third-order valence-corrected chi connectivity index (χ3v) is 3.78. The molecule has 0 saturated carbocycles. The number of H-pyrrole nitrogens is 1. The van der Waals surface area contributed by atoms with Gasteiger partial charge >= 0.3 is 0 Å². The van der Waals surface area contributed by atoms with E-state index in [1.165, 1.54) is 6.20 Å². The van der Waals surface area contributed by atoms with Crippen molar-refractivity contribution >= 4 is 40.2 Å². The predicted molar refractivity (Wildman–Crippen MR) is 82.9 cm³/mol. The molecular formula is C13H11Cl2N5O. The summed E-state index contributed by atoms with van der Waals surface area (Å²) >= 11 is 11.8. The molecule has 108 valence electrons. The highest BCUT2D eigenvalue weighted by Crippen LogP contribution is 2.22. The lowest BCUT2D eigenvalue weighted by atomic mass is 10.2. The van der Waals surface area contributed by atoms with Crippen molar-refractivity contribution in [3.8, 4) is 0 Å². The van der Waals surface area contributed by atoms with Crippen LogP contribution < -0.4 is 10.9 Å². The number of halogens is 2. The van der Waals surface area contributed by atoms with Crippen molar-refractivity contribution in [1.29, 1.82) is 0 Å². The number of nitrogens with zero attached hydrogens (tertiary/aromatic N) is 3. The average molecular weight is 324 g/mol. The monoisotopic (exact) mass is 323 g/mol. The minimum atomic E-state index is -0.232. The number of nitrogens with one attached hydrogen (secondary N) is 2. The Balaban J connectivity index is 1.86. The van der Waals surface area contributed by atoms with Gasteiger partial charge in [-0.1, -0.05) is 29.3 Å². The Kier molecular flexibility index (Phi) is 3.57. The van der Waals surface area contributed by atoms with Gasteiger partial charge in [-0.15, -0.1) is 0 Å². The van der Waals surface area contributed by atoms with Crippen molar-refractivity contribution in [1.82, 2.24) is 19.7 Å². The molecule has 0 atom stereocenters. The number of hydrogen-bond donors (Lipinski definition) is 2. The van der Waals surface area contributed by atoms with E-state index in [0.717, 1.165) is 5.56 Å². The quantitative estimate of drug-likeness (QED) is 0.776. The normalized spacial score (nSPS) is 11.0. The molecule has 0 aliphatic carbocycles. The summed E-state index contributed by atoms with van der Waals surface area (Å²) in [5, 5.41) is 8.50. The number of fused-ring (bicyclic) bond motifs is 1. The van der Waals surface area contributed by atoms with E-state index in [4.69, 9.17) is 23.2 Å². The van der Waals surface area contributed by atoms with Gasteiger partial charge in [0, 0.05) is 13.6 Å². The van der Waals surface area contributed by atoms with Crippen molar-refractivity contribution in [3.63, 3.8) is 0 Å². The summed E-state index contributed by atoms with van der Waals surface area (Å²) < 4.78 is 1.55. The fourth-order valence-corrected chi connectivity index (χ4v) is 2.27. The zero-order valence-electron chi connectivity index (χ0n) is 11.0. The van der Waals surface area contributed by atoms with E-state index in [-0.39, 0.29) is 5.56 Å². The summed E-state index contributed by atoms with van der Waals surface area (Å²) in [7, 11) is 1.73. The Bertz CT molecular complexity index is 871. The Labute approximate surface area is 129 Å². The summed E-state index contributed by atoms with van der Waals surface area (Å²) in [6, 6.07) is 5.33. The highest BCUT2D eigenvalue weighted by Gasteiger charge is 2.08. The average Bonchev–Trinajstić information content (AvgIpc) is 2.83. The minimum Gasteiger partial charge on any atom is -0.352 e. The highest BCUT2D eigenvalue weighted by molar-refractivity contribution is 6.42. The van der Waals surface area contributed by atoms with Crippen LogP contribution >= 0.6 is 23.2 Å². The van der Waals surface area contributed by atoms with E-state index in [1.54, 1.807) is 23.9 Å². The maximum atomic E-state index is 11.9. The van der Waals surface area contributed by atoms with Gasteiger partial charge in [0.25, 0.3) is 5.56 Å². The molecule has 2 N–H and O–H groups in total. The lowest BCUT2D eigenvalue weighted by Gasteiger charge is -2.06. The van der Waals surface area contributed by atoms with Gasteiger partial charge in [-0.2, -0.15) is 10.1 Å². The lowest BCUT2D eigenvalue weighted by Crippen LogP contribution is -2.13. The Morgan fingerprint density at radius 3 is 2.90 bits per heavy atom. The molecule has 0 fully saturated rings. The van der Waals surface area contributed by atoms with E-state index in [0.29, 0.717) is 33.6 Å². The van der Waals surface area contributed by atoms with Crippen LogP contribution in [0.3, 0.4) is 0 Å². The van der Waals surface area contributed by atoms with E-state index in [1.807, 2.05) is 6.07 Å². The van der Waals surface area contributed by atoms with Crippen LogP contribution in [0.15, 0.2) is 29.2 Å². The molecule has 2 aromatic heterocycles. The zero-order chi connectivity index (χ0) is 15.0. The third kappa shape index (κ3) is 2.72. The molecule has 0 bridgehead atoms. The van der Waals surface area contributed by atoms with Crippen molar-refractivity contribution in [3.05, 3.63) is 50.4 Å². The van der Waals surface area contributed by atoms with Gasteiger partial charge in [-0.3, -0.25) is 14.5 Å².